The number of benzene rings is 1. The smallest absolute Gasteiger partial charge is 0.257 e. The van der Waals surface area contributed by atoms with Gasteiger partial charge in [-0.1, -0.05) is 32.0 Å². The largest absolute Gasteiger partial charge is 0.291 e. The molecule has 0 unspecified atom stereocenters. The van der Waals surface area contributed by atoms with Gasteiger partial charge >= 0.3 is 0 Å². The van der Waals surface area contributed by atoms with Crippen molar-refractivity contribution in [3.05, 3.63) is 59.9 Å². The highest BCUT2D eigenvalue weighted by molar-refractivity contribution is 5.36. The minimum Gasteiger partial charge on any atom is -0.291 e. The normalized spacial score (nSPS) is 16.9. The molecule has 0 spiro atoms. The summed E-state index contributed by atoms with van der Waals surface area (Å²) in [4.78, 5) is 6.45. The molecule has 8 heteroatoms. The van der Waals surface area contributed by atoms with Gasteiger partial charge in [0.05, 0.1) is 18.4 Å². The van der Waals surface area contributed by atoms with Crippen LogP contribution in [-0.2, 0) is 26.1 Å². The van der Waals surface area contributed by atoms with Crippen LogP contribution in [0, 0.1) is 5.41 Å². The molecule has 28 heavy (non-hydrogen) atoms. The van der Waals surface area contributed by atoms with E-state index in [9.17, 15) is 8.78 Å². The average molecular weight is 386 g/mol. The lowest BCUT2D eigenvalue weighted by atomic mass is 9.87. The SMILES string of the molecule is CC1(C)Cc2c(cnn2-c2ccccc2)CN(Cc2ncnn2CC(F)F)C1. The van der Waals surface area contributed by atoms with E-state index in [1.807, 2.05) is 29.1 Å². The minimum atomic E-state index is -2.45. The molecule has 4 rings (SSSR count). The molecule has 0 saturated heterocycles. The van der Waals surface area contributed by atoms with Gasteiger partial charge in [-0.25, -0.2) is 23.1 Å². The molecule has 0 N–H and O–H groups in total. The fourth-order valence-corrected chi connectivity index (χ4v) is 3.94. The maximum absolute atomic E-state index is 12.8. The minimum absolute atomic E-state index is 0.00534. The van der Waals surface area contributed by atoms with E-state index in [1.165, 1.54) is 16.7 Å². The van der Waals surface area contributed by atoms with E-state index in [4.69, 9.17) is 0 Å². The number of halogens is 2. The van der Waals surface area contributed by atoms with Crippen LogP contribution in [0.5, 0.6) is 0 Å². The molecule has 3 aromatic rings. The van der Waals surface area contributed by atoms with Crippen LogP contribution in [-0.4, -0.2) is 42.4 Å². The molecule has 0 bridgehead atoms. The third-order valence-electron chi connectivity index (χ3n) is 5.02. The summed E-state index contributed by atoms with van der Waals surface area (Å²) in [5.74, 6) is 0.565. The van der Waals surface area contributed by atoms with Crippen LogP contribution >= 0.6 is 0 Å². The highest BCUT2D eigenvalue weighted by atomic mass is 19.3. The standard InChI is InChI=1S/C20H24F2N6/c1-20(2)8-17-15(9-24-28(17)16-6-4-3-5-7-16)10-26(13-20)12-19-23-14-25-27(19)11-18(21)22/h3-7,9,14,18H,8,10-13H2,1-2H3. The first-order chi connectivity index (χ1) is 13.4. The Kier molecular flexibility index (Phi) is 4.97. The molecule has 2 aromatic heterocycles. The van der Waals surface area contributed by atoms with Crippen LogP contribution in [0.25, 0.3) is 5.69 Å². The number of hydrogen-bond acceptors (Lipinski definition) is 4. The van der Waals surface area contributed by atoms with E-state index in [-0.39, 0.29) is 5.41 Å². The first-order valence-corrected chi connectivity index (χ1v) is 9.40. The summed E-state index contributed by atoms with van der Waals surface area (Å²) in [5.41, 5.74) is 3.41. The van der Waals surface area contributed by atoms with Crippen molar-refractivity contribution in [2.75, 3.05) is 6.54 Å². The second kappa shape index (κ2) is 7.43. The van der Waals surface area contributed by atoms with Gasteiger partial charge in [-0.15, -0.1) is 0 Å². The first kappa shape index (κ1) is 18.7. The van der Waals surface area contributed by atoms with Crippen LogP contribution in [0.3, 0.4) is 0 Å². The summed E-state index contributed by atoms with van der Waals surface area (Å²) in [5, 5.41) is 8.57. The Hall–Kier alpha value is -2.61. The summed E-state index contributed by atoms with van der Waals surface area (Å²) in [6.45, 7) is 6.03. The van der Waals surface area contributed by atoms with E-state index in [0.29, 0.717) is 18.9 Å². The fourth-order valence-electron chi connectivity index (χ4n) is 3.94. The zero-order valence-corrected chi connectivity index (χ0v) is 16.1. The molecule has 1 aliphatic rings. The molecule has 3 heterocycles. The first-order valence-electron chi connectivity index (χ1n) is 9.40. The van der Waals surface area contributed by atoms with Gasteiger partial charge in [-0.05, 0) is 24.0 Å². The molecular weight excluding hydrogens is 362 g/mol. The van der Waals surface area contributed by atoms with Gasteiger partial charge in [0, 0.05) is 24.3 Å². The number of rotatable bonds is 5. The van der Waals surface area contributed by atoms with Gasteiger partial charge in [-0.2, -0.15) is 10.2 Å². The van der Waals surface area contributed by atoms with Crippen LogP contribution in [0.4, 0.5) is 8.78 Å². The molecule has 0 amide bonds. The van der Waals surface area contributed by atoms with E-state index in [1.54, 1.807) is 0 Å². The number of para-hydroxylation sites is 1. The van der Waals surface area contributed by atoms with Gasteiger partial charge in [0.1, 0.15) is 18.7 Å². The Labute approximate surface area is 162 Å². The molecule has 0 fully saturated rings. The summed E-state index contributed by atoms with van der Waals surface area (Å²) in [6, 6.07) is 10.1. The van der Waals surface area contributed by atoms with Crippen molar-refractivity contribution in [1.29, 1.82) is 0 Å². The maximum Gasteiger partial charge on any atom is 0.257 e. The number of hydrogen-bond donors (Lipinski definition) is 0. The summed E-state index contributed by atoms with van der Waals surface area (Å²) < 4.78 is 28.9. The third-order valence-corrected chi connectivity index (χ3v) is 5.02. The topological polar surface area (TPSA) is 51.8 Å². The predicted molar refractivity (Wildman–Crippen MR) is 101 cm³/mol. The molecule has 0 saturated carbocycles. The van der Waals surface area contributed by atoms with Crippen molar-refractivity contribution in [3.63, 3.8) is 0 Å². The Bertz CT molecular complexity index is 931. The average Bonchev–Trinajstić information content (AvgIpc) is 3.19. The number of nitrogens with zero attached hydrogens (tertiary/aromatic N) is 6. The van der Waals surface area contributed by atoms with Crippen molar-refractivity contribution < 1.29 is 8.78 Å². The van der Waals surface area contributed by atoms with E-state index in [2.05, 4.69) is 46.1 Å². The Morgan fingerprint density at radius 1 is 1.14 bits per heavy atom. The van der Waals surface area contributed by atoms with Crippen molar-refractivity contribution in [3.8, 4) is 5.69 Å². The molecule has 1 aromatic carbocycles. The molecular formula is C20H24F2N6. The zero-order chi connectivity index (χ0) is 19.7. The van der Waals surface area contributed by atoms with Crippen molar-refractivity contribution in [2.24, 2.45) is 5.41 Å². The lowest BCUT2D eigenvalue weighted by molar-refractivity contribution is 0.116. The summed E-state index contributed by atoms with van der Waals surface area (Å²) in [7, 11) is 0. The van der Waals surface area contributed by atoms with Crippen LogP contribution in [0.2, 0.25) is 0 Å². The van der Waals surface area contributed by atoms with Gasteiger partial charge in [0.15, 0.2) is 0 Å². The highest BCUT2D eigenvalue weighted by Gasteiger charge is 2.31. The van der Waals surface area contributed by atoms with Crippen LogP contribution in [0.15, 0.2) is 42.9 Å². The molecule has 0 atom stereocenters. The Balaban J connectivity index is 1.62. The molecule has 1 aliphatic heterocycles. The number of alkyl halides is 2. The second-order valence-corrected chi connectivity index (χ2v) is 8.10. The van der Waals surface area contributed by atoms with Crippen LogP contribution in [0.1, 0.15) is 30.9 Å². The molecule has 148 valence electrons. The number of fused-ring (bicyclic) bond motifs is 1. The Morgan fingerprint density at radius 2 is 1.93 bits per heavy atom. The molecule has 0 radical (unpaired) electrons. The van der Waals surface area contributed by atoms with E-state index < -0.39 is 13.0 Å². The molecule has 0 aliphatic carbocycles. The molecule has 6 nitrogen and oxygen atoms in total. The summed E-state index contributed by atoms with van der Waals surface area (Å²) in [6.07, 6.45) is 1.70. The number of aromatic nitrogens is 5. The maximum atomic E-state index is 12.8. The zero-order valence-electron chi connectivity index (χ0n) is 16.1. The van der Waals surface area contributed by atoms with Gasteiger partial charge in [0.2, 0.25) is 0 Å². The van der Waals surface area contributed by atoms with Crippen molar-refractivity contribution in [1.82, 2.24) is 29.4 Å². The fraction of sp³-hybridized carbons (Fsp3) is 0.450. The van der Waals surface area contributed by atoms with Crippen molar-refractivity contribution >= 4 is 0 Å². The third kappa shape index (κ3) is 3.96. The quantitative estimate of drug-likeness (QED) is 0.675. The second-order valence-electron chi connectivity index (χ2n) is 8.10. The van der Waals surface area contributed by atoms with E-state index in [0.717, 1.165) is 24.2 Å². The van der Waals surface area contributed by atoms with Gasteiger partial charge < -0.3 is 0 Å². The van der Waals surface area contributed by atoms with Gasteiger partial charge in [0.25, 0.3) is 6.43 Å². The highest BCUT2D eigenvalue weighted by Crippen LogP contribution is 2.32. The lowest BCUT2D eigenvalue weighted by Crippen LogP contribution is -2.33. The van der Waals surface area contributed by atoms with E-state index >= 15 is 0 Å². The van der Waals surface area contributed by atoms with Gasteiger partial charge in [-0.3, -0.25) is 4.90 Å². The van der Waals surface area contributed by atoms with Crippen LogP contribution < -0.4 is 0 Å². The lowest BCUT2D eigenvalue weighted by Gasteiger charge is -2.29. The predicted octanol–water partition coefficient (Wildman–Crippen LogP) is 3.31. The monoisotopic (exact) mass is 386 g/mol. The Morgan fingerprint density at radius 3 is 2.68 bits per heavy atom. The van der Waals surface area contributed by atoms with Crippen molar-refractivity contribution in [2.45, 2.75) is 46.3 Å². The summed E-state index contributed by atoms with van der Waals surface area (Å²) >= 11 is 0.